The lowest BCUT2D eigenvalue weighted by molar-refractivity contribution is 0.166. The molecule has 0 aliphatic rings. The van der Waals surface area contributed by atoms with Crippen molar-refractivity contribution in [3.63, 3.8) is 0 Å². The molecule has 1 rings (SSSR count). The van der Waals surface area contributed by atoms with Crippen LogP contribution >= 0.6 is 0 Å². The molecule has 0 heterocycles. The van der Waals surface area contributed by atoms with E-state index < -0.39 is 9.84 Å². The quantitative estimate of drug-likeness (QED) is 0.789. The number of ether oxygens (including phenoxy) is 1. The summed E-state index contributed by atoms with van der Waals surface area (Å²) in [5, 5.41) is 3.42. The molecule has 4 nitrogen and oxygen atoms in total. The van der Waals surface area contributed by atoms with E-state index in [1.807, 2.05) is 12.1 Å². The molecule has 0 fully saturated rings. The molecule has 1 unspecified atom stereocenters. The summed E-state index contributed by atoms with van der Waals surface area (Å²) in [6.45, 7) is 3.72. The van der Waals surface area contributed by atoms with Gasteiger partial charge in [0.15, 0.2) is 9.84 Å². The molecule has 0 bridgehead atoms. The minimum Gasteiger partial charge on any atom is -0.383 e. The third-order valence-electron chi connectivity index (χ3n) is 2.88. The van der Waals surface area contributed by atoms with Gasteiger partial charge >= 0.3 is 0 Å². The van der Waals surface area contributed by atoms with Crippen molar-refractivity contribution in [2.45, 2.75) is 30.7 Å². The van der Waals surface area contributed by atoms with E-state index in [4.69, 9.17) is 4.74 Å². The highest BCUT2D eigenvalue weighted by Gasteiger charge is 2.10. The molecule has 0 saturated carbocycles. The molecule has 1 atom stereocenters. The first-order valence-corrected chi connectivity index (χ1v) is 8.37. The van der Waals surface area contributed by atoms with Gasteiger partial charge in [0.1, 0.15) is 0 Å². The van der Waals surface area contributed by atoms with Crippen molar-refractivity contribution < 1.29 is 13.2 Å². The maximum atomic E-state index is 11.4. The number of methoxy groups -OCH3 is 1. The monoisotopic (exact) mass is 285 g/mol. The van der Waals surface area contributed by atoms with E-state index in [9.17, 15) is 8.42 Å². The fourth-order valence-electron chi connectivity index (χ4n) is 1.90. The van der Waals surface area contributed by atoms with Crippen LogP contribution in [0.3, 0.4) is 0 Å². The van der Waals surface area contributed by atoms with Crippen LogP contribution in [-0.2, 0) is 21.0 Å². The number of benzene rings is 1. The minimum absolute atomic E-state index is 0.258. The van der Waals surface area contributed by atoms with Gasteiger partial charge in [0.05, 0.1) is 11.5 Å². The van der Waals surface area contributed by atoms with Crippen LogP contribution in [0.4, 0.5) is 0 Å². The fraction of sp³-hybridized carbons (Fsp3) is 0.571. The third kappa shape index (κ3) is 5.72. The van der Waals surface area contributed by atoms with E-state index in [0.29, 0.717) is 11.5 Å². The van der Waals surface area contributed by atoms with E-state index in [-0.39, 0.29) is 6.04 Å². The van der Waals surface area contributed by atoms with Crippen molar-refractivity contribution in [1.82, 2.24) is 5.32 Å². The van der Waals surface area contributed by atoms with Crippen LogP contribution in [0, 0.1) is 0 Å². The molecule has 19 heavy (non-hydrogen) atoms. The molecule has 0 amide bonds. The SMILES string of the molecule is CCCNC(COC)Cc1ccc(S(C)(=O)=O)cc1. The summed E-state index contributed by atoms with van der Waals surface area (Å²) in [7, 11) is -1.42. The van der Waals surface area contributed by atoms with Gasteiger partial charge in [-0.3, -0.25) is 0 Å². The Hall–Kier alpha value is -0.910. The second-order valence-electron chi connectivity index (χ2n) is 4.73. The molecular formula is C14H23NO3S. The number of rotatable bonds is 8. The number of hydrogen-bond donors (Lipinski definition) is 1. The second-order valence-corrected chi connectivity index (χ2v) is 6.74. The molecule has 1 N–H and O–H groups in total. The number of nitrogens with one attached hydrogen (secondary N) is 1. The predicted molar refractivity (Wildman–Crippen MR) is 77.2 cm³/mol. The van der Waals surface area contributed by atoms with Crippen molar-refractivity contribution in [3.8, 4) is 0 Å². The summed E-state index contributed by atoms with van der Waals surface area (Å²) >= 11 is 0. The van der Waals surface area contributed by atoms with Crippen molar-refractivity contribution in [3.05, 3.63) is 29.8 Å². The highest BCUT2D eigenvalue weighted by atomic mass is 32.2. The maximum absolute atomic E-state index is 11.4. The van der Waals surface area contributed by atoms with E-state index in [0.717, 1.165) is 24.9 Å². The lowest BCUT2D eigenvalue weighted by atomic mass is 10.1. The smallest absolute Gasteiger partial charge is 0.175 e. The van der Waals surface area contributed by atoms with Gasteiger partial charge in [-0.05, 0) is 37.1 Å². The van der Waals surface area contributed by atoms with E-state index in [1.54, 1.807) is 19.2 Å². The highest BCUT2D eigenvalue weighted by Crippen LogP contribution is 2.12. The minimum atomic E-state index is -3.11. The van der Waals surface area contributed by atoms with Crippen LogP contribution in [0.1, 0.15) is 18.9 Å². The normalized spacial score (nSPS) is 13.4. The Morgan fingerprint density at radius 3 is 2.37 bits per heavy atom. The molecular weight excluding hydrogens is 262 g/mol. The lowest BCUT2D eigenvalue weighted by Gasteiger charge is -2.17. The Morgan fingerprint density at radius 1 is 1.26 bits per heavy atom. The molecule has 0 aliphatic carbocycles. The Kier molecular flexibility index (Phi) is 6.48. The first kappa shape index (κ1) is 16.1. The summed E-state index contributed by atoms with van der Waals surface area (Å²) in [5.74, 6) is 0. The fourth-order valence-corrected chi connectivity index (χ4v) is 2.53. The van der Waals surface area contributed by atoms with Crippen molar-refractivity contribution in [2.75, 3.05) is 26.5 Å². The van der Waals surface area contributed by atoms with E-state index in [2.05, 4.69) is 12.2 Å². The molecule has 5 heteroatoms. The zero-order valence-electron chi connectivity index (χ0n) is 11.8. The molecule has 108 valence electrons. The van der Waals surface area contributed by atoms with Gasteiger partial charge in [0.25, 0.3) is 0 Å². The highest BCUT2D eigenvalue weighted by molar-refractivity contribution is 7.90. The van der Waals surface area contributed by atoms with Gasteiger partial charge < -0.3 is 10.1 Å². The zero-order chi connectivity index (χ0) is 14.3. The second kappa shape index (κ2) is 7.62. The summed E-state index contributed by atoms with van der Waals surface area (Å²) in [4.78, 5) is 0.362. The predicted octanol–water partition coefficient (Wildman–Crippen LogP) is 1.65. The average molecular weight is 285 g/mol. The topological polar surface area (TPSA) is 55.4 Å². The standard InChI is InChI=1S/C14H23NO3S/c1-4-9-15-13(11-18-2)10-12-5-7-14(8-6-12)19(3,16)17/h5-8,13,15H,4,9-11H2,1-3H3. The summed E-state index contributed by atoms with van der Waals surface area (Å²) < 4.78 is 27.9. The van der Waals surface area contributed by atoms with Gasteiger partial charge in [0.2, 0.25) is 0 Å². The van der Waals surface area contributed by atoms with E-state index >= 15 is 0 Å². The molecule has 1 aromatic carbocycles. The Balaban J connectivity index is 2.69. The Bertz CT molecular complexity index is 468. The summed E-state index contributed by atoms with van der Waals surface area (Å²) in [5.41, 5.74) is 1.11. The van der Waals surface area contributed by atoms with Crippen molar-refractivity contribution >= 4 is 9.84 Å². The van der Waals surface area contributed by atoms with Crippen LogP contribution in [0.2, 0.25) is 0 Å². The summed E-state index contributed by atoms with van der Waals surface area (Å²) in [6, 6.07) is 7.32. The first-order chi connectivity index (χ1) is 8.97. The summed E-state index contributed by atoms with van der Waals surface area (Å²) in [6.07, 6.45) is 3.13. The van der Waals surface area contributed by atoms with Gasteiger partial charge in [0, 0.05) is 19.4 Å². The van der Waals surface area contributed by atoms with Crippen LogP contribution < -0.4 is 5.32 Å². The average Bonchev–Trinajstić information content (AvgIpc) is 2.36. The molecule has 0 aromatic heterocycles. The maximum Gasteiger partial charge on any atom is 0.175 e. The third-order valence-corrected chi connectivity index (χ3v) is 4.01. The van der Waals surface area contributed by atoms with E-state index in [1.165, 1.54) is 6.26 Å². The van der Waals surface area contributed by atoms with Crippen LogP contribution in [0.5, 0.6) is 0 Å². The van der Waals surface area contributed by atoms with Crippen molar-refractivity contribution in [1.29, 1.82) is 0 Å². The molecule has 0 radical (unpaired) electrons. The molecule has 1 aromatic rings. The van der Waals surface area contributed by atoms with Gasteiger partial charge in [-0.2, -0.15) is 0 Å². The number of hydrogen-bond acceptors (Lipinski definition) is 4. The largest absolute Gasteiger partial charge is 0.383 e. The lowest BCUT2D eigenvalue weighted by Crippen LogP contribution is -2.35. The molecule has 0 aliphatic heterocycles. The van der Waals surface area contributed by atoms with Crippen LogP contribution in [-0.4, -0.2) is 41.0 Å². The zero-order valence-corrected chi connectivity index (χ0v) is 12.7. The Morgan fingerprint density at radius 2 is 1.89 bits per heavy atom. The van der Waals surface area contributed by atoms with Crippen LogP contribution in [0.15, 0.2) is 29.2 Å². The first-order valence-electron chi connectivity index (χ1n) is 6.48. The molecule has 0 spiro atoms. The Labute approximate surface area is 116 Å². The molecule has 0 saturated heterocycles. The van der Waals surface area contributed by atoms with Gasteiger partial charge in [-0.25, -0.2) is 8.42 Å². The van der Waals surface area contributed by atoms with Gasteiger partial charge in [-0.15, -0.1) is 0 Å². The van der Waals surface area contributed by atoms with Crippen molar-refractivity contribution in [2.24, 2.45) is 0 Å². The van der Waals surface area contributed by atoms with Crippen LogP contribution in [0.25, 0.3) is 0 Å². The van der Waals surface area contributed by atoms with Gasteiger partial charge in [-0.1, -0.05) is 19.1 Å². The number of sulfone groups is 1.